The molecule has 5 nitrogen and oxygen atoms in total. The molecule has 0 aliphatic carbocycles. The van der Waals surface area contributed by atoms with Crippen LogP contribution in [0.25, 0.3) is 0 Å². The van der Waals surface area contributed by atoms with E-state index >= 15 is 0 Å². The van der Waals surface area contributed by atoms with E-state index < -0.39 is 5.60 Å². The Labute approximate surface area is 52.6 Å². The van der Waals surface area contributed by atoms with Gasteiger partial charge in [-0.05, 0) is 23.9 Å². The molecule has 56 valence electrons. The Morgan fingerprint density at radius 1 is 1.44 bits per heavy atom. The molecule has 0 amide bonds. The van der Waals surface area contributed by atoms with Crippen molar-refractivity contribution in [1.82, 2.24) is 0 Å². The third-order valence-corrected chi connectivity index (χ3v) is 0.491. The minimum absolute atomic E-state index is 0.0758. The molecule has 0 fully saturated rings. The highest BCUT2D eigenvalue weighted by atomic mass is 17.6. The van der Waals surface area contributed by atoms with Gasteiger partial charge in [-0.3, -0.25) is 0 Å². The van der Waals surface area contributed by atoms with Crippen LogP contribution >= 0.6 is 0 Å². The van der Waals surface area contributed by atoms with E-state index in [1.807, 2.05) is 0 Å². The first kappa shape index (κ1) is 8.80. The number of hydrogen-bond donors (Lipinski definition) is 2. The fraction of sp³-hybridized carbons (Fsp3) is 1.00. The summed E-state index contributed by atoms with van der Waals surface area (Å²) >= 11 is 0. The van der Waals surface area contributed by atoms with Crippen LogP contribution in [0.5, 0.6) is 0 Å². The van der Waals surface area contributed by atoms with Crippen molar-refractivity contribution >= 4 is 0 Å². The van der Waals surface area contributed by atoms with Crippen LogP contribution in [0.15, 0.2) is 0 Å². The first-order chi connectivity index (χ1) is 4.06. The quantitative estimate of drug-likeness (QED) is 0.328. The zero-order valence-electron chi connectivity index (χ0n) is 5.33. The molecule has 0 unspecified atom stereocenters. The highest BCUT2D eigenvalue weighted by Gasteiger charge is 2.12. The fourth-order valence-electron chi connectivity index (χ4n) is 0.190. The lowest BCUT2D eigenvalue weighted by Gasteiger charge is -2.13. The molecule has 0 atom stereocenters. The maximum absolute atomic E-state index is 8.90. The van der Waals surface area contributed by atoms with Gasteiger partial charge in [-0.2, -0.15) is 0 Å². The van der Waals surface area contributed by atoms with Crippen LogP contribution in [-0.2, 0) is 15.0 Å². The molecule has 5 heteroatoms. The first-order valence-corrected chi connectivity index (χ1v) is 2.38. The van der Waals surface area contributed by atoms with Crippen molar-refractivity contribution < 1.29 is 25.3 Å². The van der Waals surface area contributed by atoms with Crippen LogP contribution in [0, 0.1) is 0 Å². The summed E-state index contributed by atoms with van der Waals surface area (Å²) in [7, 11) is 0. The Morgan fingerprint density at radius 3 is 2.33 bits per heavy atom. The fourth-order valence-corrected chi connectivity index (χ4v) is 0.190. The molecule has 0 aliphatic heterocycles. The van der Waals surface area contributed by atoms with Crippen molar-refractivity contribution in [3.8, 4) is 0 Å². The van der Waals surface area contributed by atoms with Crippen molar-refractivity contribution in [2.45, 2.75) is 19.4 Å². The van der Waals surface area contributed by atoms with E-state index in [1.165, 1.54) is 13.8 Å². The van der Waals surface area contributed by atoms with Crippen LogP contribution in [0.2, 0.25) is 0 Å². The maximum Gasteiger partial charge on any atom is 0.114 e. The van der Waals surface area contributed by atoms with Crippen molar-refractivity contribution in [2.75, 3.05) is 6.61 Å². The molecule has 0 radical (unpaired) electrons. The van der Waals surface area contributed by atoms with Gasteiger partial charge in [-0.25, -0.2) is 10.1 Å². The minimum atomic E-state index is -0.988. The van der Waals surface area contributed by atoms with E-state index in [9.17, 15) is 0 Å². The van der Waals surface area contributed by atoms with E-state index in [2.05, 4.69) is 15.0 Å². The topological polar surface area (TPSA) is 68.2 Å². The zero-order chi connectivity index (χ0) is 7.33. The Bertz CT molecular complexity index is 65.8. The van der Waals surface area contributed by atoms with Gasteiger partial charge in [0.05, 0.1) is 5.60 Å². The molecule has 0 rings (SSSR count). The minimum Gasteiger partial charge on any atom is -0.388 e. The Hall–Kier alpha value is -0.200. The summed E-state index contributed by atoms with van der Waals surface area (Å²) < 4.78 is 0. The Kier molecular flexibility index (Phi) is 3.67. The lowest BCUT2D eigenvalue weighted by molar-refractivity contribution is -0.626. The smallest absolute Gasteiger partial charge is 0.114 e. The third kappa shape index (κ3) is 7.80. The highest BCUT2D eigenvalue weighted by molar-refractivity contribution is 4.60. The molecule has 0 aromatic rings. The predicted molar refractivity (Wildman–Crippen MR) is 27.0 cm³/mol. The normalized spacial score (nSPS) is 12.0. The van der Waals surface area contributed by atoms with Crippen LogP contribution in [0.1, 0.15) is 13.8 Å². The Balaban J connectivity index is 3.07. The summed E-state index contributed by atoms with van der Waals surface area (Å²) in [5.74, 6) is 0. The van der Waals surface area contributed by atoms with E-state index in [1.54, 1.807) is 0 Å². The summed E-state index contributed by atoms with van der Waals surface area (Å²) in [6.45, 7) is 2.97. The summed E-state index contributed by atoms with van der Waals surface area (Å²) in [6, 6.07) is 0. The highest BCUT2D eigenvalue weighted by Crippen LogP contribution is 2.00. The van der Waals surface area contributed by atoms with Crippen molar-refractivity contribution in [2.24, 2.45) is 0 Å². The summed E-state index contributed by atoms with van der Waals surface area (Å²) in [5.41, 5.74) is -0.988. The average molecular weight is 138 g/mol. The second kappa shape index (κ2) is 3.76. The monoisotopic (exact) mass is 138 g/mol. The molecular formula is C4H10O5. The lowest BCUT2D eigenvalue weighted by atomic mass is 10.2. The molecule has 0 aromatic heterocycles. The molecule has 0 spiro atoms. The van der Waals surface area contributed by atoms with E-state index in [4.69, 9.17) is 10.4 Å². The largest absolute Gasteiger partial charge is 0.388 e. The third-order valence-electron chi connectivity index (χ3n) is 0.491. The van der Waals surface area contributed by atoms with Gasteiger partial charge >= 0.3 is 0 Å². The molecule has 0 bridgehead atoms. The average Bonchev–Trinajstić information content (AvgIpc) is 1.63. The zero-order valence-corrected chi connectivity index (χ0v) is 5.33. The van der Waals surface area contributed by atoms with E-state index in [-0.39, 0.29) is 6.61 Å². The van der Waals surface area contributed by atoms with Gasteiger partial charge < -0.3 is 5.11 Å². The Morgan fingerprint density at radius 2 is 2.00 bits per heavy atom. The summed E-state index contributed by atoms with van der Waals surface area (Å²) in [6.07, 6.45) is 0. The van der Waals surface area contributed by atoms with Gasteiger partial charge in [0.25, 0.3) is 0 Å². The molecule has 0 saturated heterocycles. The van der Waals surface area contributed by atoms with Gasteiger partial charge in [0.2, 0.25) is 0 Å². The standard InChI is InChI=1S/C4H10O5/c1-4(2,5)3-7-9-8-6/h5-6H,3H2,1-2H3. The van der Waals surface area contributed by atoms with E-state index in [0.29, 0.717) is 0 Å². The van der Waals surface area contributed by atoms with Gasteiger partial charge in [-0.1, -0.05) is 0 Å². The van der Waals surface area contributed by atoms with Gasteiger partial charge in [-0.15, -0.1) is 0 Å². The molecule has 9 heavy (non-hydrogen) atoms. The second-order valence-electron chi connectivity index (χ2n) is 2.22. The molecule has 0 aromatic carbocycles. The second-order valence-corrected chi connectivity index (χ2v) is 2.22. The number of hydrogen-bond acceptors (Lipinski definition) is 5. The van der Waals surface area contributed by atoms with Crippen LogP contribution < -0.4 is 0 Å². The maximum atomic E-state index is 8.90. The van der Waals surface area contributed by atoms with Crippen LogP contribution in [-0.4, -0.2) is 22.6 Å². The molecular weight excluding hydrogens is 128 g/mol. The molecule has 0 heterocycles. The van der Waals surface area contributed by atoms with Crippen molar-refractivity contribution in [3.05, 3.63) is 0 Å². The lowest BCUT2D eigenvalue weighted by Crippen LogP contribution is -2.25. The van der Waals surface area contributed by atoms with Gasteiger partial charge in [0.15, 0.2) is 0 Å². The van der Waals surface area contributed by atoms with Crippen LogP contribution in [0.4, 0.5) is 0 Å². The number of rotatable bonds is 4. The molecule has 2 N–H and O–H groups in total. The SMILES string of the molecule is CC(C)(O)COOOO. The predicted octanol–water partition coefficient (Wildman–Crippen LogP) is 0.110. The molecule has 0 saturated carbocycles. The van der Waals surface area contributed by atoms with Crippen molar-refractivity contribution in [1.29, 1.82) is 0 Å². The summed E-state index contributed by atoms with van der Waals surface area (Å²) in [5, 5.41) is 23.1. The van der Waals surface area contributed by atoms with Gasteiger partial charge in [0, 0.05) is 0 Å². The van der Waals surface area contributed by atoms with Crippen LogP contribution in [0.3, 0.4) is 0 Å². The number of aliphatic hydroxyl groups is 1. The first-order valence-electron chi connectivity index (χ1n) is 2.38. The van der Waals surface area contributed by atoms with E-state index in [0.717, 1.165) is 0 Å². The van der Waals surface area contributed by atoms with Crippen molar-refractivity contribution in [3.63, 3.8) is 0 Å². The summed E-state index contributed by atoms with van der Waals surface area (Å²) in [4.78, 5) is 4.12. The molecule has 0 aliphatic rings. The van der Waals surface area contributed by atoms with Gasteiger partial charge in [0.1, 0.15) is 6.61 Å².